The van der Waals surface area contributed by atoms with E-state index in [1.165, 1.54) is 0 Å². The molecule has 2 saturated heterocycles. The summed E-state index contributed by atoms with van der Waals surface area (Å²) in [5.41, 5.74) is 0. The molecule has 1 aromatic carbocycles. The molecule has 0 radical (unpaired) electrons. The van der Waals surface area contributed by atoms with Crippen molar-refractivity contribution in [1.29, 1.82) is 0 Å². The second-order valence-corrected chi connectivity index (χ2v) is 19.3. The molecule has 0 N–H and O–H groups in total. The number of unbranched alkanes of at least 4 members (excludes halogenated alkanes) is 7. The lowest BCUT2D eigenvalue weighted by Gasteiger charge is -2.50. The summed E-state index contributed by atoms with van der Waals surface area (Å²) in [6.07, 6.45) is 5.78. The van der Waals surface area contributed by atoms with E-state index in [-0.39, 0.29) is 17.3 Å². The van der Waals surface area contributed by atoms with Gasteiger partial charge in [-0.1, -0.05) is 109 Å². The maximum atomic E-state index is 14.1. The second kappa shape index (κ2) is 32.0. The molecule has 0 amide bonds. The molecule has 2 aliphatic heterocycles. The number of benzene rings is 1. The molecule has 2 fully saturated rings. The molecule has 356 valence electrons. The predicted octanol–water partition coefficient (Wildman–Crippen LogP) is 9.66. The van der Waals surface area contributed by atoms with E-state index in [9.17, 15) is 8.42 Å². The van der Waals surface area contributed by atoms with Crippen LogP contribution in [0.25, 0.3) is 0 Å². The van der Waals surface area contributed by atoms with Crippen LogP contribution in [0.3, 0.4) is 0 Å². The van der Waals surface area contributed by atoms with Crippen LogP contribution in [0.2, 0.25) is 0 Å². The molecule has 0 aliphatic carbocycles. The van der Waals surface area contributed by atoms with Crippen molar-refractivity contribution in [2.75, 3.05) is 65.2 Å². The summed E-state index contributed by atoms with van der Waals surface area (Å²) >= 11 is 3.44. The number of hydrogen-bond donors (Lipinski definition) is 0. The largest absolute Gasteiger partial charge is 0.379 e. The van der Waals surface area contributed by atoms with Gasteiger partial charge in [-0.3, -0.25) is 0 Å². The van der Waals surface area contributed by atoms with E-state index in [1.807, 2.05) is 0 Å². The van der Waals surface area contributed by atoms with E-state index in [0.717, 1.165) is 94.4 Å². The van der Waals surface area contributed by atoms with Gasteiger partial charge in [0, 0.05) is 50.7 Å². The van der Waals surface area contributed by atoms with E-state index in [1.54, 1.807) is 24.3 Å². The smallest absolute Gasteiger partial charge is 0.187 e. The molecule has 3 rings (SSSR count). The fourth-order valence-electron chi connectivity index (χ4n) is 7.32. The third kappa shape index (κ3) is 18.9. The highest BCUT2D eigenvalue weighted by Gasteiger charge is 2.54. The Kier molecular flexibility index (Phi) is 28.6. The van der Waals surface area contributed by atoms with Crippen molar-refractivity contribution in [3.8, 4) is 0 Å². The van der Waals surface area contributed by atoms with Gasteiger partial charge >= 0.3 is 0 Å². The van der Waals surface area contributed by atoms with Gasteiger partial charge in [0.15, 0.2) is 16.1 Å². The number of halogens is 1. The molecule has 1 aromatic rings. The lowest BCUT2D eigenvalue weighted by molar-refractivity contribution is -0.358. The third-order valence-corrected chi connectivity index (χ3v) is 13.3. The summed E-state index contributed by atoms with van der Waals surface area (Å²) in [4.78, 5) is 0.212. The highest BCUT2D eigenvalue weighted by Crippen LogP contribution is 2.36. The van der Waals surface area contributed by atoms with E-state index in [4.69, 9.17) is 47.4 Å². The molecule has 0 saturated carbocycles. The highest BCUT2D eigenvalue weighted by atomic mass is 79.9. The van der Waals surface area contributed by atoms with Crippen molar-refractivity contribution < 1.29 is 55.8 Å². The van der Waals surface area contributed by atoms with E-state index in [0.29, 0.717) is 52.9 Å². The minimum atomic E-state index is -3.81. The Balaban J connectivity index is 2.16. The van der Waals surface area contributed by atoms with Crippen molar-refractivity contribution in [2.24, 2.45) is 0 Å². The standard InChI is InChI=1S/C47H83BrO12S/c1-8-15-26-51-33-38-41(53-28-17-10-3)45(56-31-20-13-6)46(57-32-21-14-7)47(59-38)60-43-39(34-52-27-16-9-2)58-40(35-61(49,50)37-24-22-36(48)23-25-37)42(54-29-18-11-4)44(43)55-30-19-12-5/h22-25,38-47H,8-21,26-35H2,1-7H3/t38?,39?,40-,41+,42+,43+,44?,45?,46-,47-/m0/s1. The van der Waals surface area contributed by atoms with Crippen molar-refractivity contribution >= 4 is 25.8 Å². The summed E-state index contributed by atoms with van der Waals surface area (Å²) in [6, 6.07) is 6.69. The Labute approximate surface area is 378 Å². The molecule has 12 nitrogen and oxygen atoms in total. The van der Waals surface area contributed by atoms with Crippen LogP contribution in [0.5, 0.6) is 0 Å². The molecule has 0 bridgehead atoms. The first-order valence-electron chi connectivity index (χ1n) is 23.9. The zero-order valence-electron chi connectivity index (χ0n) is 38.7. The predicted molar refractivity (Wildman–Crippen MR) is 243 cm³/mol. The Morgan fingerprint density at radius 1 is 0.475 bits per heavy atom. The lowest BCUT2D eigenvalue weighted by Crippen LogP contribution is -2.67. The van der Waals surface area contributed by atoms with E-state index >= 15 is 0 Å². The van der Waals surface area contributed by atoms with Crippen molar-refractivity contribution in [1.82, 2.24) is 0 Å². The molecular formula is C47H83BrO12S. The van der Waals surface area contributed by atoms with Crippen LogP contribution < -0.4 is 0 Å². The minimum Gasteiger partial charge on any atom is -0.379 e. The number of hydrogen-bond acceptors (Lipinski definition) is 12. The van der Waals surface area contributed by atoms with Gasteiger partial charge in [-0.15, -0.1) is 0 Å². The number of rotatable bonds is 35. The normalized spacial score (nSPS) is 27.1. The topological polar surface area (TPSA) is 126 Å². The van der Waals surface area contributed by atoms with Gasteiger partial charge in [-0.05, 0) is 69.2 Å². The first-order chi connectivity index (χ1) is 29.7. The van der Waals surface area contributed by atoms with E-state index < -0.39 is 71.1 Å². The maximum Gasteiger partial charge on any atom is 0.187 e. The average molecular weight is 952 g/mol. The third-order valence-electron chi connectivity index (χ3n) is 11.1. The van der Waals surface area contributed by atoms with Gasteiger partial charge in [0.25, 0.3) is 0 Å². The van der Waals surface area contributed by atoms with Crippen LogP contribution in [0.1, 0.15) is 138 Å². The summed E-state index contributed by atoms with van der Waals surface area (Å²) < 4.78 is 96.5. The Hall–Kier alpha value is -0.750. The summed E-state index contributed by atoms with van der Waals surface area (Å²) in [5.74, 6) is -0.304. The zero-order valence-corrected chi connectivity index (χ0v) is 41.1. The number of ether oxygens (including phenoxy) is 10. The fraction of sp³-hybridized carbons (Fsp3) is 0.872. The maximum absolute atomic E-state index is 14.1. The first kappa shape index (κ1) is 54.6. The molecule has 0 spiro atoms. The van der Waals surface area contributed by atoms with Gasteiger partial charge in [0.05, 0.1) is 23.9 Å². The fourth-order valence-corrected chi connectivity index (χ4v) is 9.03. The van der Waals surface area contributed by atoms with Gasteiger partial charge in [-0.2, -0.15) is 0 Å². The molecule has 61 heavy (non-hydrogen) atoms. The Bertz CT molecular complexity index is 1340. The molecule has 2 aliphatic rings. The first-order valence-corrected chi connectivity index (χ1v) is 26.3. The van der Waals surface area contributed by atoms with Crippen molar-refractivity contribution in [3.63, 3.8) is 0 Å². The van der Waals surface area contributed by atoms with Gasteiger partial charge in [-0.25, -0.2) is 8.42 Å². The van der Waals surface area contributed by atoms with Crippen LogP contribution >= 0.6 is 15.9 Å². The SMILES string of the molecule is CCCCOCC1O[C@@H](O[C@@H]2C(COCCCC)O[C@@H](CS(=O)(=O)c3ccc(Br)cc3)[C@@H](OCCCC)C2OCCCC)[C@@H](OCCCC)C(OCCCC)[C@@H]1OCCCC. The monoisotopic (exact) mass is 950 g/mol. The van der Waals surface area contributed by atoms with Gasteiger partial charge < -0.3 is 47.4 Å². The Morgan fingerprint density at radius 2 is 0.852 bits per heavy atom. The van der Waals surface area contributed by atoms with Crippen molar-refractivity contribution in [2.45, 2.75) is 204 Å². The molecular weight excluding hydrogens is 868 g/mol. The quantitative estimate of drug-likeness (QED) is 0.0602. The van der Waals surface area contributed by atoms with Crippen LogP contribution in [-0.4, -0.2) is 135 Å². The van der Waals surface area contributed by atoms with Crippen LogP contribution in [0.4, 0.5) is 0 Å². The summed E-state index contributed by atoms with van der Waals surface area (Å²) in [5, 5.41) is 0. The average Bonchev–Trinajstić information content (AvgIpc) is 3.24. The second-order valence-electron chi connectivity index (χ2n) is 16.4. The number of sulfone groups is 1. The van der Waals surface area contributed by atoms with Crippen LogP contribution in [0.15, 0.2) is 33.6 Å². The van der Waals surface area contributed by atoms with Gasteiger partial charge in [0.1, 0.15) is 54.9 Å². The molecule has 10 atom stereocenters. The molecule has 4 unspecified atom stereocenters. The van der Waals surface area contributed by atoms with Crippen molar-refractivity contribution in [3.05, 3.63) is 28.7 Å². The van der Waals surface area contributed by atoms with Crippen LogP contribution in [-0.2, 0) is 57.2 Å². The van der Waals surface area contributed by atoms with Gasteiger partial charge in [0.2, 0.25) is 0 Å². The lowest BCUT2D eigenvalue weighted by atomic mass is 9.93. The Morgan fingerprint density at radius 3 is 1.31 bits per heavy atom. The molecule has 0 aromatic heterocycles. The molecule has 14 heteroatoms. The summed E-state index contributed by atoms with van der Waals surface area (Å²) in [6.45, 7) is 18.9. The van der Waals surface area contributed by atoms with E-state index in [2.05, 4.69) is 64.4 Å². The summed E-state index contributed by atoms with van der Waals surface area (Å²) in [7, 11) is -3.81. The van der Waals surface area contributed by atoms with Crippen LogP contribution in [0, 0.1) is 0 Å². The minimum absolute atomic E-state index is 0.158. The zero-order chi connectivity index (χ0) is 44.3. The highest BCUT2D eigenvalue weighted by molar-refractivity contribution is 9.10. The molecule has 2 heterocycles.